The van der Waals surface area contributed by atoms with Gasteiger partial charge in [-0.2, -0.15) is 0 Å². The smallest absolute Gasteiger partial charge is 0.337 e. The number of carboxylic acids is 1. The van der Waals surface area contributed by atoms with Crippen LogP contribution in [0.25, 0.3) is 11.1 Å². The molecule has 7 heteroatoms. The molecule has 1 aliphatic heterocycles. The summed E-state index contributed by atoms with van der Waals surface area (Å²) in [6, 6.07) is 4.02. The highest BCUT2D eigenvalue weighted by atomic mass is 16.5. The fraction of sp³-hybridized carbons (Fsp3) is 0.607. The van der Waals surface area contributed by atoms with Gasteiger partial charge in [-0.3, -0.25) is 4.98 Å². The number of aliphatic carboxylic acids is 1. The Hall–Kier alpha value is -2.67. The Bertz CT molecular complexity index is 1000. The fourth-order valence-electron chi connectivity index (χ4n) is 4.45. The summed E-state index contributed by atoms with van der Waals surface area (Å²) in [6.07, 6.45) is 6.87. The van der Waals surface area contributed by atoms with Gasteiger partial charge in [0.2, 0.25) is 0 Å². The maximum absolute atomic E-state index is 12.5. The lowest BCUT2D eigenvalue weighted by molar-refractivity contribution is -0.160. The number of carbonyl (C=O) groups is 1. The lowest BCUT2D eigenvalue weighted by atomic mass is 9.82. The van der Waals surface area contributed by atoms with Crippen molar-refractivity contribution in [1.29, 1.82) is 0 Å². The lowest BCUT2D eigenvalue weighted by Crippen LogP contribution is -2.39. The third kappa shape index (κ3) is 6.94. The summed E-state index contributed by atoms with van der Waals surface area (Å²) in [5, 5.41) is 13.6. The molecule has 0 aliphatic carbocycles. The maximum Gasteiger partial charge on any atom is 0.337 e. The van der Waals surface area contributed by atoms with Crippen LogP contribution in [-0.4, -0.2) is 46.3 Å². The van der Waals surface area contributed by atoms with Crippen LogP contribution in [0.3, 0.4) is 0 Å². The molecule has 0 spiro atoms. The predicted molar refractivity (Wildman–Crippen MR) is 142 cm³/mol. The Morgan fingerprint density at radius 1 is 1.20 bits per heavy atom. The standard InChI is InChI=1S/C28H42N4O3/c1-8-9-14-29-22-11-10-20(17-31-22)21-18-30-19(2)23(25(26(33)34)35-27(3,4)5)24(21)32-15-12-28(6,7)13-16-32/h10-11,17-18,25H,8-9,12-16H2,1-7H3,(H,29,31)(H,33,34). The zero-order valence-corrected chi connectivity index (χ0v) is 22.4. The van der Waals surface area contributed by atoms with E-state index in [1.807, 2.05) is 52.2 Å². The Morgan fingerprint density at radius 3 is 2.43 bits per heavy atom. The first kappa shape index (κ1) is 26.9. The molecular formula is C28H42N4O3. The molecule has 0 aromatic carbocycles. The highest BCUT2D eigenvalue weighted by Gasteiger charge is 2.35. The second kappa shape index (κ2) is 10.9. The number of rotatable bonds is 9. The summed E-state index contributed by atoms with van der Waals surface area (Å²) in [5.74, 6) is -0.169. The molecule has 2 aromatic rings. The molecule has 2 N–H and O–H groups in total. The zero-order valence-electron chi connectivity index (χ0n) is 22.4. The van der Waals surface area contributed by atoms with E-state index in [1.165, 1.54) is 0 Å². The second-order valence-corrected chi connectivity index (χ2v) is 11.3. The van der Waals surface area contributed by atoms with E-state index in [1.54, 1.807) is 0 Å². The summed E-state index contributed by atoms with van der Waals surface area (Å²) in [5.41, 5.74) is 3.66. The molecule has 1 saturated heterocycles. The van der Waals surface area contributed by atoms with Crippen LogP contribution in [0, 0.1) is 12.3 Å². The van der Waals surface area contributed by atoms with Crippen LogP contribution in [0.2, 0.25) is 0 Å². The highest BCUT2D eigenvalue weighted by molar-refractivity contribution is 5.86. The number of pyridine rings is 2. The molecule has 3 rings (SSSR count). The van der Waals surface area contributed by atoms with Crippen molar-refractivity contribution in [2.75, 3.05) is 29.9 Å². The maximum atomic E-state index is 12.5. The quantitative estimate of drug-likeness (QED) is 0.410. The summed E-state index contributed by atoms with van der Waals surface area (Å²) < 4.78 is 6.11. The first-order valence-electron chi connectivity index (χ1n) is 12.8. The minimum atomic E-state index is -1.12. The molecule has 0 radical (unpaired) electrons. The van der Waals surface area contributed by atoms with Crippen molar-refractivity contribution in [3.8, 4) is 11.1 Å². The van der Waals surface area contributed by atoms with E-state index < -0.39 is 17.7 Å². The van der Waals surface area contributed by atoms with Gasteiger partial charge in [-0.15, -0.1) is 0 Å². The first-order chi connectivity index (χ1) is 16.4. The largest absolute Gasteiger partial charge is 0.479 e. The number of anilines is 2. The van der Waals surface area contributed by atoms with Crippen LogP contribution in [0.1, 0.15) is 84.6 Å². The summed E-state index contributed by atoms with van der Waals surface area (Å²) >= 11 is 0. The molecule has 0 amide bonds. The van der Waals surface area contributed by atoms with Gasteiger partial charge in [-0.25, -0.2) is 9.78 Å². The summed E-state index contributed by atoms with van der Waals surface area (Å²) in [7, 11) is 0. The molecular weight excluding hydrogens is 440 g/mol. The van der Waals surface area contributed by atoms with Gasteiger partial charge in [0, 0.05) is 54.4 Å². The number of aromatic nitrogens is 2. The van der Waals surface area contributed by atoms with Crippen molar-refractivity contribution in [1.82, 2.24) is 9.97 Å². The van der Waals surface area contributed by atoms with Gasteiger partial charge < -0.3 is 20.1 Å². The average Bonchev–Trinajstić information content (AvgIpc) is 2.78. The van der Waals surface area contributed by atoms with E-state index in [4.69, 9.17) is 4.74 Å². The van der Waals surface area contributed by atoms with Gasteiger partial charge in [-0.05, 0) is 64.5 Å². The van der Waals surface area contributed by atoms with E-state index in [9.17, 15) is 9.90 Å². The van der Waals surface area contributed by atoms with Crippen molar-refractivity contribution in [2.24, 2.45) is 5.41 Å². The van der Waals surface area contributed by atoms with Crippen molar-refractivity contribution in [3.63, 3.8) is 0 Å². The Labute approximate surface area is 210 Å². The van der Waals surface area contributed by atoms with Gasteiger partial charge in [0.05, 0.1) is 11.3 Å². The topological polar surface area (TPSA) is 87.6 Å². The Kier molecular flexibility index (Phi) is 8.42. The van der Waals surface area contributed by atoms with Gasteiger partial charge in [0.1, 0.15) is 5.82 Å². The van der Waals surface area contributed by atoms with Gasteiger partial charge in [-0.1, -0.05) is 27.2 Å². The van der Waals surface area contributed by atoms with Gasteiger partial charge in [0.25, 0.3) is 0 Å². The fourth-order valence-corrected chi connectivity index (χ4v) is 4.45. The second-order valence-electron chi connectivity index (χ2n) is 11.3. The number of hydrogen-bond donors (Lipinski definition) is 2. The predicted octanol–water partition coefficient (Wildman–Crippen LogP) is 6.23. The number of nitrogens with zero attached hydrogens (tertiary/aromatic N) is 3. The van der Waals surface area contributed by atoms with E-state index >= 15 is 0 Å². The molecule has 0 bridgehead atoms. The van der Waals surface area contributed by atoms with Crippen LogP contribution in [0.4, 0.5) is 11.5 Å². The number of carboxylic acid groups (broad SMARTS) is 1. The number of ether oxygens (including phenoxy) is 1. The van der Waals surface area contributed by atoms with E-state index in [0.717, 1.165) is 67.9 Å². The van der Waals surface area contributed by atoms with E-state index in [0.29, 0.717) is 11.3 Å². The normalized spacial score (nSPS) is 16.7. The number of hydrogen-bond acceptors (Lipinski definition) is 6. The van der Waals surface area contributed by atoms with E-state index in [2.05, 4.69) is 41.0 Å². The number of unbranched alkanes of at least 4 members (excludes halogenated alkanes) is 1. The summed E-state index contributed by atoms with van der Waals surface area (Å²) in [4.78, 5) is 24.1. The van der Waals surface area contributed by atoms with Crippen LogP contribution >= 0.6 is 0 Å². The first-order valence-corrected chi connectivity index (χ1v) is 12.8. The van der Waals surface area contributed by atoms with Crippen LogP contribution in [0.5, 0.6) is 0 Å². The van der Waals surface area contributed by atoms with Crippen molar-refractivity contribution >= 4 is 17.5 Å². The van der Waals surface area contributed by atoms with Crippen molar-refractivity contribution in [2.45, 2.75) is 85.9 Å². The number of piperidine rings is 1. The molecule has 2 aromatic heterocycles. The lowest BCUT2D eigenvalue weighted by Gasteiger charge is -2.40. The van der Waals surface area contributed by atoms with Crippen molar-refractivity contribution < 1.29 is 14.6 Å². The molecule has 3 heterocycles. The summed E-state index contributed by atoms with van der Waals surface area (Å²) in [6.45, 7) is 16.9. The molecule has 7 nitrogen and oxygen atoms in total. The molecule has 1 unspecified atom stereocenters. The SMILES string of the molecule is CCCCNc1ccc(-c2cnc(C)c(C(OC(C)(C)C)C(=O)O)c2N2CCC(C)(C)CC2)cn1. The molecule has 1 fully saturated rings. The van der Waals surface area contributed by atoms with E-state index in [-0.39, 0.29) is 5.41 Å². The minimum Gasteiger partial charge on any atom is -0.479 e. The number of nitrogens with one attached hydrogen (secondary N) is 1. The van der Waals surface area contributed by atoms with Crippen LogP contribution in [0.15, 0.2) is 24.5 Å². The van der Waals surface area contributed by atoms with Crippen LogP contribution in [-0.2, 0) is 9.53 Å². The zero-order chi connectivity index (χ0) is 25.8. The minimum absolute atomic E-state index is 0.264. The van der Waals surface area contributed by atoms with Crippen molar-refractivity contribution in [3.05, 3.63) is 35.8 Å². The Balaban J connectivity index is 2.12. The Morgan fingerprint density at radius 2 is 1.89 bits per heavy atom. The molecule has 192 valence electrons. The van der Waals surface area contributed by atoms with Gasteiger partial charge >= 0.3 is 5.97 Å². The molecule has 0 saturated carbocycles. The molecule has 35 heavy (non-hydrogen) atoms. The van der Waals surface area contributed by atoms with Gasteiger partial charge in [0.15, 0.2) is 6.10 Å². The highest BCUT2D eigenvalue weighted by Crippen LogP contribution is 2.43. The monoisotopic (exact) mass is 482 g/mol. The average molecular weight is 483 g/mol. The molecule has 1 atom stereocenters. The molecule has 1 aliphatic rings. The number of aryl methyl sites for hydroxylation is 1. The van der Waals surface area contributed by atoms with Crippen LogP contribution < -0.4 is 10.2 Å². The third-order valence-corrected chi connectivity index (χ3v) is 6.59. The third-order valence-electron chi connectivity index (χ3n) is 6.59.